The summed E-state index contributed by atoms with van der Waals surface area (Å²) >= 11 is 0. The Hall–Kier alpha value is -0.730. The Kier molecular flexibility index (Phi) is 4.98. The number of nitrogens with zero attached hydrogens (tertiary/aromatic N) is 3. The van der Waals surface area contributed by atoms with Gasteiger partial charge in [-0.15, -0.1) is 0 Å². The maximum Gasteiger partial charge on any atom is 0.217 e. The molecule has 1 amide bonds. The first kappa shape index (κ1) is 15.7. The van der Waals surface area contributed by atoms with Crippen molar-refractivity contribution in [2.45, 2.75) is 31.6 Å². The lowest BCUT2D eigenvalue weighted by Gasteiger charge is -2.56. The summed E-state index contributed by atoms with van der Waals surface area (Å²) in [6.07, 6.45) is 1.92. The molecule has 3 N–H and O–H groups in total. The molecule has 0 spiro atoms. The van der Waals surface area contributed by atoms with Gasteiger partial charge in [-0.25, -0.2) is 10.0 Å². The maximum absolute atomic E-state index is 11.5. The molecule has 2 atom stereocenters. The van der Waals surface area contributed by atoms with E-state index in [1.54, 1.807) is 6.92 Å². The van der Waals surface area contributed by atoms with Crippen LogP contribution in [0, 0.1) is 0 Å². The molecule has 2 fully saturated rings. The molecule has 7 nitrogen and oxygen atoms in total. The second-order valence-electron chi connectivity index (χ2n) is 5.76. The van der Waals surface area contributed by atoms with E-state index in [9.17, 15) is 4.79 Å². The fourth-order valence-corrected chi connectivity index (χ4v) is 3.15. The molecule has 2 unspecified atom stereocenters. The fourth-order valence-electron chi connectivity index (χ4n) is 3.15. The number of likely N-dealkylation sites (N-methyl/N-ethyl adjacent to an activating group) is 1. The number of morpholine rings is 1. The normalized spacial score (nSPS) is 33.4. The highest BCUT2D eigenvalue weighted by Gasteiger charge is 2.48. The molecule has 0 aromatic rings. The molecule has 2 saturated heterocycles. The molecule has 2 aliphatic rings. The predicted molar refractivity (Wildman–Crippen MR) is 76.5 cm³/mol. The Morgan fingerprint density at radius 1 is 1.35 bits per heavy atom. The summed E-state index contributed by atoms with van der Waals surface area (Å²) in [7, 11) is 3.93. The number of hydrogen-bond acceptors (Lipinski definition) is 6. The molecule has 2 heterocycles. The van der Waals surface area contributed by atoms with Gasteiger partial charge < -0.3 is 10.1 Å². The van der Waals surface area contributed by atoms with Crippen molar-refractivity contribution >= 4 is 5.91 Å². The van der Waals surface area contributed by atoms with Crippen molar-refractivity contribution in [1.29, 1.82) is 0 Å². The quantitative estimate of drug-likeness (QED) is 0.649. The molecular weight excluding hydrogens is 258 g/mol. The molecule has 0 saturated carbocycles. The van der Waals surface area contributed by atoms with Crippen molar-refractivity contribution in [3.05, 3.63) is 0 Å². The smallest absolute Gasteiger partial charge is 0.217 e. The van der Waals surface area contributed by atoms with Crippen LogP contribution < -0.4 is 11.1 Å². The summed E-state index contributed by atoms with van der Waals surface area (Å²) in [6, 6.07) is -0.0772. The number of nitrogens with one attached hydrogen (secondary N) is 1. The lowest BCUT2D eigenvalue weighted by atomic mass is 9.97. The minimum atomic E-state index is -0.693. The summed E-state index contributed by atoms with van der Waals surface area (Å²) in [5, 5.41) is 7.49. The van der Waals surface area contributed by atoms with E-state index in [0.717, 1.165) is 45.7 Å². The van der Waals surface area contributed by atoms with Crippen molar-refractivity contribution < 1.29 is 9.53 Å². The average molecular weight is 285 g/mol. The highest BCUT2D eigenvalue weighted by atomic mass is 16.5. The molecule has 0 bridgehead atoms. The number of piperidine rings is 1. The summed E-state index contributed by atoms with van der Waals surface area (Å²) in [5.41, 5.74) is 6.72. The number of nitrogens with two attached hydrogens (primary N) is 1. The average Bonchev–Trinajstić information content (AvgIpc) is 2.41. The van der Waals surface area contributed by atoms with E-state index in [0.29, 0.717) is 0 Å². The van der Waals surface area contributed by atoms with Gasteiger partial charge in [-0.2, -0.15) is 0 Å². The largest absolute Gasteiger partial charge is 0.379 e. The standard InChI is InChI=1S/C13H27N5O2/c1-11(19)15-12-5-4-6-18(13(12,14)16(2)3)17-7-9-20-10-8-17/h12H,4-10,14H2,1-3H3,(H,15,19). The van der Waals surface area contributed by atoms with Gasteiger partial charge in [0.2, 0.25) is 5.91 Å². The van der Waals surface area contributed by atoms with Gasteiger partial charge in [0.05, 0.1) is 19.3 Å². The molecule has 0 aliphatic carbocycles. The lowest BCUT2D eigenvalue weighted by molar-refractivity contribution is -0.213. The van der Waals surface area contributed by atoms with Crippen molar-refractivity contribution in [3.63, 3.8) is 0 Å². The first-order chi connectivity index (χ1) is 9.46. The van der Waals surface area contributed by atoms with Gasteiger partial charge in [0, 0.05) is 26.6 Å². The zero-order chi connectivity index (χ0) is 14.8. The summed E-state index contributed by atoms with van der Waals surface area (Å²) in [5.74, 6) is -0.725. The zero-order valence-electron chi connectivity index (χ0n) is 12.8. The summed E-state index contributed by atoms with van der Waals surface area (Å²) < 4.78 is 5.42. The Bertz CT molecular complexity index is 346. The number of amides is 1. The molecule has 0 aromatic carbocycles. The first-order valence-corrected chi connectivity index (χ1v) is 7.30. The lowest BCUT2D eigenvalue weighted by Crippen LogP contribution is -2.79. The van der Waals surface area contributed by atoms with Gasteiger partial charge >= 0.3 is 0 Å². The molecule has 116 valence electrons. The number of carbonyl (C=O) groups is 1. The molecule has 20 heavy (non-hydrogen) atoms. The van der Waals surface area contributed by atoms with Crippen molar-refractivity contribution in [1.82, 2.24) is 20.2 Å². The minimum absolute atomic E-state index is 0.0319. The Morgan fingerprint density at radius 3 is 2.55 bits per heavy atom. The third kappa shape index (κ3) is 2.96. The third-order valence-electron chi connectivity index (χ3n) is 4.21. The molecule has 2 aliphatic heterocycles. The van der Waals surface area contributed by atoms with Crippen molar-refractivity contribution in [2.75, 3.05) is 46.9 Å². The van der Waals surface area contributed by atoms with Crippen molar-refractivity contribution in [2.24, 2.45) is 5.73 Å². The van der Waals surface area contributed by atoms with Gasteiger partial charge in [0.15, 0.2) is 5.79 Å². The fraction of sp³-hybridized carbons (Fsp3) is 0.923. The van der Waals surface area contributed by atoms with Gasteiger partial charge in [-0.05, 0) is 26.9 Å². The molecule has 7 heteroatoms. The number of rotatable bonds is 3. The number of hydrazine groups is 1. The van der Waals surface area contributed by atoms with E-state index >= 15 is 0 Å². The number of hydrogen-bond donors (Lipinski definition) is 2. The number of ether oxygens (including phenoxy) is 1. The van der Waals surface area contributed by atoms with E-state index < -0.39 is 5.79 Å². The maximum atomic E-state index is 11.5. The highest BCUT2D eigenvalue weighted by Crippen LogP contribution is 2.28. The van der Waals surface area contributed by atoms with Crippen LogP contribution in [0.2, 0.25) is 0 Å². The zero-order valence-corrected chi connectivity index (χ0v) is 12.8. The molecule has 0 radical (unpaired) electrons. The van der Waals surface area contributed by atoms with Crippen LogP contribution in [0.1, 0.15) is 19.8 Å². The monoisotopic (exact) mass is 285 g/mol. The molecule has 2 rings (SSSR count). The Labute approximate surface area is 121 Å². The van der Waals surface area contributed by atoms with Gasteiger partial charge in [0.1, 0.15) is 0 Å². The van der Waals surface area contributed by atoms with E-state index in [4.69, 9.17) is 10.5 Å². The van der Waals surface area contributed by atoms with Gasteiger partial charge in [-0.1, -0.05) is 0 Å². The van der Waals surface area contributed by atoms with E-state index in [-0.39, 0.29) is 11.9 Å². The topological polar surface area (TPSA) is 74.1 Å². The van der Waals surface area contributed by atoms with Gasteiger partial charge in [-0.3, -0.25) is 15.4 Å². The predicted octanol–water partition coefficient (Wildman–Crippen LogP) is -0.992. The summed E-state index contributed by atoms with van der Waals surface area (Å²) in [6.45, 7) is 5.60. The van der Waals surface area contributed by atoms with Gasteiger partial charge in [0.25, 0.3) is 0 Å². The van der Waals surface area contributed by atoms with Crippen LogP contribution in [-0.4, -0.2) is 79.6 Å². The van der Waals surface area contributed by atoms with Crippen LogP contribution in [0.5, 0.6) is 0 Å². The second-order valence-corrected chi connectivity index (χ2v) is 5.76. The molecular formula is C13H27N5O2. The van der Waals surface area contributed by atoms with Crippen LogP contribution in [0.3, 0.4) is 0 Å². The Balaban J connectivity index is 2.21. The Morgan fingerprint density at radius 2 is 2.00 bits per heavy atom. The van der Waals surface area contributed by atoms with Crippen LogP contribution >= 0.6 is 0 Å². The van der Waals surface area contributed by atoms with Crippen LogP contribution in [0.15, 0.2) is 0 Å². The summed E-state index contributed by atoms with van der Waals surface area (Å²) in [4.78, 5) is 13.5. The van der Waals surface area contributed by atoms with E-state index in [2.05, 4.69) is 15.3 Å². The SMILES string of the molecule is CC(=O)NC1CCCN(N2CCOCC2)C1(N)N(C)C. The minimum Gasteiger partial charge on any atom is -0.379 e. The second kappa shape index (κ2) is 6.36. The van der Waals surface area contributed by atoms with Crippen LogP contribution in [-0.2, 0) is 9.53 Å². The van der Waals surface area contributed by atoms with E-state index in [1.165, 1.54) is 0 Å². The molecule has 0 aromatic heterocycles. The van der Waals surface area contributed by atoms with Crippen LogP contribution in [0.4, 0.5) is 0 Å². The number of carbonyl (C=O) groups excluding carboxylic acids is 1. The third-order valence-corrected chi connectivity index (χ3v) is 4.21. The first-order valence-electron chi connectivity index (χ1n) is 7.30. The van der Waals surface area contributed by atoms with E-state index in [1.807, 2.05) is 19.0 Å². The van der Waals surface area contributed by atoms with Crippen LogP contribution in [0.25, 0.3) is 0 Å². The highest BCUT2D eigenvalue weighted by molar-refractivity contribution is 5.73. The van der Waals surface area contributed by atoms with Crippen molar-refractivity contribution in [3.8, 4) is 0 Å².